The summed E-state index contributed by atoms with van der Waals surface area (Å²) in [7, 11) is 2.14. The number of ether oxygens (including phenoxy) is 1. The van der Waals surface area contributed by atoms with Crippen LogP contribution < -0.4 is 10.6 Å². The van der Waals surface area contributed by atoms with E-state index in [-0.39, 0.29) is 42.3 Å². The van der Waals surface area contributed by atoms with Crippen LogP contribution in [0.3, 0.4) is 0 Å². The summed E-state index contributed by atoms with van der Waals surface area (Å²) in [6.07, 6.45) is 6.55. The molecule has 4 fully saturated rings. The number of Topliss-reactive ketones (excluding diaryl/α,β-unsaturated/α-hetero) is 1. The van der Waals surface area contributed by atoms with Crippen molar-refractivity contribution in [1.82, 2.24) is 25.3 Å². The fraction of sp³-hybridized carbons (Fsp3) is 0.645. The Morgan fingerprint density at radius 2 is 2.12 bits per heavy atom. The SMILES string of the molecule is C=CC(=O)N1CCN(C2NC(OCC3CCCN3C)NC3C(=O)[C@@]4(CCc5c(Cl)cccc5S4)CCC32)CC1CC#N. The fourth-order valence-corrected chi connectivity index (χ4v) is 9.58. The summed E-state index contributed by atoms with van der Waals surface area (Å²) >= 11 is 8.22. The maximum Gasteiger partial charge on any atom is 0.246 e. The predicted molar refractivity (Wildman–Crippen MR) is 163 cm³/mol. The predicted octanol–water partition coefficient (Wildman–Crippen LogP) is 2.99. The van der Waals surface area contributed by atoms with E-state index in [1.165, 1.54) is 12.5 Å². The van der Waals surface area contributed by atoms with Gasteiger partial charge in [-0.1, -0.05) is 24.2 Å². The van der Waals surface area contributed by atoms with E-state index in [4.69, 9.17) is 16.3 Å². The van der Waals surface area contributed by atoms with Gasteiger partial charge in [-0.3, -0.25) is 25.1 Å². The van der Waals surface area contributed by atoms with Gasteiger partial charge in [0, 0.05) is 41.5 Å². The molecule has 1 amide bonds. The lowest BCUT2D eigenvalue weighted by Gasteiger charge is -2.55. The van der Waals surface area contributed by atoms with Crippen LogP contribution in [0, 0.1) is 17.2 Å². The van der Waals surface area contributed by atoms with Crippen molar-refractivity contribution in [3.63, 3.8) is 0 Å². The Labute approximate surface area is 257 Å². The summed E-state index contributed by atoms with van der Waals surface area (Å²) < 4.78 is 5.97. The molecule has 7 atom stereocenters. The molecular weight excluding hydrogens is 572 g/mol. The Morgan fingerprint density at radius 1 is 1.26 bits per heavy atom. The number of likely N-dealkylation sites (tertiary alicyclic amines) is 1. The first-order valence-electron chi connectivity index (χ1n) is 15.2. The molecule has 226 valence electrons. The van der Waals surface area contributed by atoms with Crippen LogP contribution in [0.1, 0.15) is 44.1 Å². The van der Waals surface area contributed by atoms with Crippen molar-refractivity contribution in [2.24, 2.45) is 5.92 Å². The third-order valence-corrected chi connectivity index (χ3v) is 12.0. The molecule has 9 nitrogen and oxygen atoms in total. The van der Waals surface area contributed by atoms with Crippen LogP contribution in [-0.4, -0.2) is 102 Å². The summed E-state index contributed by atoms with van der Waals surface area (Å²) in [5, 5.41) is 17.6. The average Bonchev–Trinajstić information content (AvgIpc) is 3.42. The van der Waals surface area contributed by atoms with Crippen LogP contribution in [0.25, 0.3) is 0 Å². The molecule has 0 aromatic heterocycles. The van der Waals surface area contributed by atoms with Gasteiger partial charge >= 0.3 is 0 Å². The van der Waals surface area contributed by atoms with Gasteiger partial charge in [0.2, 0.25) is 5.91 Å². The highest BCUT2D eigenvalue weighted by atomic mass is 35.5. The third kappa shape index (κ3) is 5.65. The highest BCUT2D eigenvalue weighted by Crippen LogP contribution is 2.52. The van der Waals surface area contributed by atoms with Gasteiger partial charge in [0.25, 0.3) is 0 Å². The summed E-state index contributed by atoms with van der Waals surface area (Å²) in [5.74, 6) is 0.154. The highest BCUT2D eigenvalue weighted by molar-refractivity contribution is 8.01. The molecular formula is C31H41ClN6O3S. The number of benzene rings is 1. The van der Waals surface area contributed by atoms with E-state index in [2.05, 4.69) is 46.2 Å². The van der Waals surface area contributed by atoms with Crippen molar-refractivity contribution in [3.05, 3.63) is 41.4 Å². The van der Waals surface area contributed by atoms with E-state index in [0.29, 0.717) is 32.3 Å². The number of nitriles is 1. The summed E-state index contributed by atoms with van der Waals surface area (Å²) in [6, 6.07) is 8.04. The average molecular weight is 613 g/mol. The minimum atomic E-state index is -0.484. The molecule has 0 bridgehead atoms. The number of piperazine rings is 1. The van der Waals surface area contributed by atoms with E-state index in [1.807, 2.05) is 12.1 Å². The van der Waals surface area contributed by atoms with Crippen molar-refractivity contribution in [3.8, 4) is 6.07 Å². The normalized spacial score (nSPS) is 35.5. The van der Waals surface area contributed by atoms with Crippen LogP contribution in [0.2, 0.25) is 5.02 Å². The highest BCUT2D eigenvalue weighted by Gasteiger charge is 2.55. The number of carbonyl (C=O) groups is 2. The first-order valence-corrected chi connectivity index (χ1v) is 16.4. The zero-order valence-electron chi connectivity index (χ0n) is 24.3. The third-order valence-electron chi connectivity index (χ3n) is 10.1. The van der Waals surface area contributed by atoms with Gasteiger partial charge in [-0.05, 0) is 75.9 Å². The molecule has 1 saturated carbocycles. The van der Waals surface area contributed by atoms with E-state index < -0.39 is 11.1 Å². The Morgan fingerprint density at radius 3 is 2.88 bits per heavy atom. The van der Waals surface area contributed by atoms with Crippen LogP contribution in [0.4, 0.5) is 0 Å². The van der Waals surface area contributed by atoms with Gasteiger partial charge in [-0.25, -0.2) is 0 Å². The molecule has 11 heteroatoms. The van der Waals surface area contributed by atoms with Gasteiger partial charge in [-0.2, -0.15) is 5.26 Å². The topological polar surface area (TPSA) is 101 Å². The van der Waals surface area contributed by atoms with Crippen LogP contribution >= 0.6 is 23.4 Å². The molecule has 2 N–H and O–H groups in total. The Bertz CT molecular complexity index is 1260. The smallest absolute Gasteiger partial charge is 0.246 e. The molecule has 4 heterocycles. The second-order valence-electron chi connectivity index (χ2n) is 12.4. The first-order chi connectivity index (χ1) is 20.3. The number of amides is 1. The maximum absolute atomic E-state index is 14.5. The lowest BCUT2D eigenvalue weighted by Crippen LogP contribution is -2.75. The number of thioether (sulfide) groups is 1. The molecule has 5 aliphatic rings. The van der Waals surface area contributed by atoms with Gasteiger partial charge in [-0.15, -0.1) is 11.8 Å². The minimum absolute atomic E-state index is 0.0443. The number of rotatable bonds is 6. The molecule has 1 aliphatic carbocycles. The summed E-state index contributed by atoms with van der Waals surface area (Å²) in [4.78, 5) is 34.6. The largest absolute Gasteiger partial charge is 0.348 e. The Kier molecular flexibility index (Phi) is 9.00. The lowest BCUT2D eigenvalue weighted by molar-refractivity contribution is -0.145. The second-order valence-corrected chi connectivity index (χ2v) is 14.2. The number of hydrogen-bond acceptors (Lipinski definition) is 9. The molecule has 3 saturated heterocycles. The van der Waals surface area contributed by atoms with Gasteiger partial charge in [0.05, 0.1) is 42.1 Å². The zero-order valence-corrected chi connectivity index (χ0v) is 25.8. The number of likely N-dealkylation sites (N-methyl/N-ethyl adjacent to an activating group) is 1. The summed E-state index contributed by atoms with van der Waals surface area (Å²) in [5.41, 5.74) is 1.15. The van der Waals surface area contributed by atoms with Crippen LogP contribution in [-0.2, 0) is 20.7 Å². The number of halogens is 1. The number of ketones is 1. The Balaban J connectivity index is 1.24. The number of nitrogens with one attached hydrogen (secondary N) is 2. The van der Waals surface area contributed by atoms with E-state index in [1.54, 1.807) is 16.7 Å². The number of hydrogen-bond donors (Lipinski definition) is 2. The van der Waals surface area contributed by atoms with E-state index >= 15 is 0 Å². The molecule has 6 unspecified atom stereocenters. The van der Waals surface area contributed by atoms with Crippen molar-refractivity contribution in [1.29, 1.82) is 5.26 Å². The maximum atomic E-state index is 14.5. The van der Waals surface area contributed by atoms with Gasteiger partial charge in [0.1, 0.15) is 0 Å². The fourth-order valence-electron chi connectivity index (χ4n) is 7.70. The quantitative estimate of drug-likeness (QED) is 0.470. The zero-order chi connectivity index (χ0) is 29.4. The monoisotopic (exact) mass is 612 g/mol. The number of carbonyl (C=O) groups excluding carboxylic acids is 2. The van der Waals surface area contributed by atoms with Crippen LogP contribution in [0.15, 0.2) is 35.7 Å². The molecule has 1 spiro atoms. The summed E-state index contributed by atoms with van der Waals surface area (Å²) in [6.45, 7) is 7.05. The van der Waals surface area contributed by atoms with Crippen molar-refractivity contribution >= 4 is 35.1 Å². The lowest BCUT2D eigenvalue weighted by atomic mass is 9.72. The van der Waals surface area contributed by atoms with E-state index in [9.17, 15) is 14.9 Å². The van der Waals surface area contributed by atoms with E-state index in [0.717, 1.165) is 54.1 Å². The molecule has 1 aromatic carbocycles. The number of nitrogens with zero attached hydrogens (tertiary/aromatic N) is 4. The van der Waals surface area contributed by atoms with Gasteiger partial charge in [0.15, 0.2) is 12.1 Å². The van der Waals surface area contributed by atoms with Crippen molar-refractivity contribution in [2.45, 2.75) is 85.2 Å². The second kappa shape index (κ2) is 12.6. The van der Waals surface area contributed by atoms with Gasteiger partial charge < -0.3 is 14.5 Å². The standard InChI is InChI=1S/C31H41ClN6O3S/c1-3-26(39)38-17-16-37(18-20(38)11-14-33)29-23-10-13-31(12-9-22-24(32)7-4-8-25(22)42-31)28(40)27(23)34-30(35-29)41-19-21-6-5-15-36(21)2/h3-4,7-8,20-21,23,27,29-30,34-35H,1,5-6,9-13,15-19H2,2H3/t20?,21?,23?,27?,29?,30?,31-/m1/s1. The molecule has 6 rings (SSSR count). The minimum Gasteiger partial charge on any atom is -0.348 e. The molecule has 4 aliphatic heterocycles. The Hall–Kier alpha value is -1.97. The van der Waals surface area contributed by atoms with Crippen molar-refractivity contribution in [2.75, 3.05) is 39.8 Å². The molecule has 42 heavy (non-hydrogen) atoms. The molecule has 0 radical (unpaired) electrons. The van der Waals surface area contributed by atoms with Crippen LogP contribution in [0.5, 0.6) is 0 Å². The van der Waals surface area contributed by atoms with Crippen molar-refractivity contribution < 1.29 is 14.3 Å². The first kappa shape index (κ1) is 30.1. The number of fused-ring (bicyclic) bond motifs is 2. The molecule has 1 aromatic rings.